The van der Waals surface area contributed by atoms with Gasteiger partial charge in [-0.25, -0.2) is 13.4 Å². The fraction of sp³-hybridized carbons (Fsp3) is 0.444. The molecule has 1 aromatic carbocycles. The van der Waals surface area contributed by atoms with Gasteiger partial charge in [-0.15, -0.1) is 11.3 Å². The summed E-state index contributed by atoms with van der Waals surface area (Å²) in [6.07, 6.45) is 2.54. The number of hydrogen-bond donors (Lipinski definition) is 1. The Morgan fingerprint density at radius 1 is 1.26 bits per heavy atom. The SMILES string of the molecule is CCCCCN(CC(=O)Nc1nc(C)cs1)S(=O)(=O)c1ccc(OC)cc1. The van der Waals surface area contributed by atoms with Crippen LogP contribution in [0.1, 0.15) is 31.9 Å². The summed E-state index contributed by atoms with van der Waals surface area (Å²) in [5.74, 6) is 0.168. The molecule has 1 amide bonds. The fourth-order valence-electron chi connectivity index (χ4n) is 2.45. The number of thiazole rings is 1. The minimum Gasteiger partial charge on any atom is -0.497 e. The number of nitrogens with one attached hydrogen (secondary N) is 1. The van der Waals surface area contributed by atoms with E-state index in [9.17, 15) is 13.2 Å². The highest BCUT2D eigenvalue weighted by molar-refractivity contribution is 7.89. The van der Waals surface area contributed by atoms with Crippen molar-refractivity contribution in [2.24, 2.45) is 0 Å². The van der Waals surface area contributed by atoms with Gasteiger partial charge in [0.2, 0.25) is 15.9 Å². The second-order valence-corrected chi connectivity index (χ2v) is 8.86. The topological polar surface area (TPSA) is 88.6 Å². The Hall–Kier alpha value is -1.97. The van der Waals surface area contributed by atoms with Gasteiger partial charge in [0.25, 0.3) is 0 Å². The smallest absolute Gasteiger partial charge is 0.243 e. The highest BCUT2D eigenvalue weighted by atomic mass is 32.2. The van der Waals surface area contributed by atoms with E-state index in [1.54, 1.807) is 12.1 Å². The normalized spacial score (nSPS) is 11.6. The summed E-state index contributed by atoms with van der Waals surface area (Å²) < 4.78 is 32.3. The molecule has 0 atom stereocenters. The van der Waals surface area contributed by atoms with E-state index in [4.69, 9.17) is 4.74 Å². The van der Waals surface area contributed by atoms with Gasteiger partial charge < -0.3 is 10.1 Å². The van der Waals surface area contributed by atoms with Crippen molar-refractivity contribution >= 4 is 32.4 Å². The van der Waals surface area contributed by atoms with E-state index in [0.717, 1.165) is 18.5 Å². The minimum absolute atomic E-state index is 0.137. The van der Waals surface area contributed by atoms with Gasteiger partial charge in [-0.05, 0) is 37.6 Å². The van der Waals surface area contributed by atoms with E-state index in [1.807, 2.05) is 19.2 Å². The quantitative estimate of drug-likeness (QED) is 0.606. The van der Waals surface area contributed by atoms with Crippen LogP contribution < -0.4 is 10.1 Å². The highest BCUT2D eigenvalue weighted by Gasteiger charge is 2.26. The maximum Gasteiger partial charge on any atom is 0.243 e. The highest BCUT2D eigenvalue weighted by Crippen LogP contribution is 2.21. The molecular formula is C18H25N3O4S2. The van der Waals surface area contributed by atoms with Crippen molar-refractivity contribution in [1.82, 2.24) is 9.29 Å². The number of anilines is 1. The number of sulfonamides is 1. The first-order chi connectivity index (χ1) is 12.9. The van der Waals surface area contributed by atoms with Crippen molar-refractivity contribution in [3.8, 4) is 5.75 Å². The van der Waals surface area contributed by atoms with Gasteiger partial charge in [-0.1, -0.05) is 19.8 Å². The average Bonchev–Trinajstić information content (AvgIpc) is 3.05. The van der Waals surface area contributed by atoms with Crippen LogP contribution in [0, 0.1) is 6.92 Å². The molecule has 0 aliphatic rings. The molecule has 2 rings (SSSR count). The van der Waals surface area contributed by atoms with Crippen LogP contribution in [0.15, 0.2) is 34.5 Å². The number of methoxy groups -OCH3 is 1. The molecule has 1 aromatic heterocycles. The lowest BCUT2D eigenvalue weighted by Crippen LogP contribution is -2.38. The van der Waals surface area contributed by atoms with E-state index in [2.05, 4.69) is 10.3 Å². The lowest BCUT2D eigenvalue weighted by Gasteiger charge is -2.21. The zero-order valence-electron chi connectivity index (χ0n) is 15.8. The summed E-state index contributed by atoms with van der Waals surface area (Å²) in [6, 6.07) is 6.16. The van der Waals surface area contributed by atoms with Gasteiger partial charge in [-0.3, -0.25) is 4.79 Å². The molecule has 0 aliphatic heterocycles. The molecule has 1 N–H and O–H groups in total. The van der Waals surface area contributed by atoms with E-state index in [0.29, 0.717) is 17.3 Å². The maximum atomic E-state index is 13.0. The number of unbranched alkanes of at least 4 members (excludes halogenated alkanes) is 2. The fourth-order valence-corrected chi connectivity index (χ4v) is 4.59. The predicted octanol–water partition coefficient (Wildman–Crippen LogP) is 3.28. The predicted molar refractivity (Wildman–Crippen MR) is 107 cm³/mol. The van der Waals surface area contributed by atoms with Crippen LogP contribution in [0.2, 0.25) is 0 Å². The molecule has 0 spiro atoms. The van der Waals surface area contributed by atoms with Gasteiger partial charge in [0.1, 0.15) is 5.75 Å². The zero-order chi connectivity index (χ0) is 19.9. The van der Waals surface area contributed by atoms with Crippen LogP contribution >= 0.6 is 11.3 Å². The summed E-state index contributed by atoms with van der Waals surface area (Å²) in [5, 5.41) is 4.96. The van der Waals surface area contributed by atoms with Crippen LogP contribution in [-0.2, 0) is 14.8 Å². The van der Waals surface area contributed by atoms with E-state index >= 15 is 0 Å². The average molecular weight is 412 g/mol. The molecular weight excluding hydrogens is 386 g/mol. The second-order valence-electron chi connectivity index (χ2n) is 6.06. The van der Waals surface area contributed by atoms with Crippen molar-refractivity contribution in [2.45, 2.75) is 38.0 Å². The van der Waals surface area contributed by atoms with Crippen LogP contribution in [0.25, 0.3) is 0 Å². The number of aromatic nitrogens is 1. The van der Waals surface area contributed by atoms with Crippen molar-refractivity contribution < 1.29 is 17.9 Å². The molecule has 0 aliphatic carbocycles. The number of amides is 1. The summed E-state index contributed by atoms with van der Waals surface area (Å²) >= 11 is 1.31. The molecule has 0 saturated carbocycles. The molecule has 0 radical (unpaired) electrons. The number of hydrogen-bond acceptors (Lipinski definition) is 6. The first-order valence-electron chi connectivity index (χ1n) is 8.73. The standard InChI is InChI=1S/C18H25N3O4S2/c1-4-5-6-11-21(12-17(22)20-18-19-14(2)13-26-18)27(23,24)16-9-7-15(25-3)8-10-16/h7-10,13H,4-6,11-12H2,1-3H3,(H,19,20,22). The Labute approximate surface area is 164 Å². The lowest BCUT2D eigenvalue weighted by molar-refractivity contribution is -0.116. The monoisotopic (exact) mass is 411 g/mol. The second kappa shape index (κ2) is 9.82. The van der Waals surface area contributed by atoms with E-state index < -0.39 is 15.9 Å². The molecule has 9 heteroatoms. The van der Waals surface area contributed by atoms with Gasteiger partial charge in [-0.2, -0.15) is 4.31 Å². The minimum atomic E-state index is -3.79. The van der Waals surface area contributed by atoms with Crippen molar-refractivity contribution in [3.63, 3.8) is 0 Å². The first-order valence-corrected chi connectivity index (χ1v) is 11.0. The Kier molecular flexibility index (Phi) is 7.76. The molecule has 27 heavy (non-hydrogen) atoms. The third kappa shape index (κ3) is 6.02. The van der Waals surface area contributed by atoms with Crippen LogP contribution in [0.3, 0.4) is 0 Å². The Morgan fingerprint density at radius 3 is 2.52 bits per heavy atom. The number of nitrogens with zero attached hydrogens (tertiary/aromatic N) is 2. The maximum absolute atomic E-state index is 13.0. The molecule has 1 heterocycles. The van der Waals surface area contributed by atoms with Gasteiger partial charge in [0.15, 0.2) is 5.13 Å². The van der Waals surface area contributed by atoms with E-state index in [-0.39, 0.29) is 18.0 Å². The molecule has 0 saturated heterocycles. The van der Waals surface area contributed by atoms with Gasteiger partial charge in [0.05, 0.1) is 24.2 Å². The summed E-state index contributed by atoms with van der Waals surface area (Å²) in [7, 11) is -2.27. The number of carbonyl (C=O) groups is 1. The van der Waals surface area contributed by atoms with Gasteiger partial charge >= 0.3 is 0 Å². The third-order valence-electron chi connectivity index (χ3n) is 3.89. The Morgan fingerprint density at radius 2 is 1.96 bits per heavy atom. The molecule has 0 unspecified atom stereocenters. The van der Waals surface area contributed by atoms with Crippen molar-refractivity contribution in [3.05, 3.63) is 35.3 Å². The molecule has 0 bridgehead atoms. The number of carbonyl (C=O) groups excluding carboxylic acids is 1. The van der Waals surface area contributed by atoms with E-state index in [1.165, 1.54) is 34.9 Å². The number of ether oxygens (including phenoxy) is 1. The largest absolute Gasteiger partial charge is 0.497 e. The molecule has 0 fully saturated rings. The number of rotatable bonds is 10. The molecule has 148 valence electrons. The summed E-state index contributed by atoms with van der Waals surface area (Å²) in [4.78, 5) is 16.7. The Bertz CT molecular complexity index is 848. The third-order valence-corrected chi connectivity index (χ3v) is 6.63. The van der Waals surface area contributed by atoms with Crippen molar-refractivity contribution in [1.29, 1.82) is 0 Å². The number of aryl methyl sites for hydroxylation is 1. The first kappa shape index (κ1) is 21.3. The zero-order valence-corrected chi connectivity index (χ0v) is 17.4. The molecule has 7 nitrogen and oxygen atoms in total. The van der Waals surface area contributed by atoms with Crippen molar-refractivity contribution in [2.75, 3.05) is 25.5 Å². The molecule has 2 aromatic rings. The lowest BCUT2D eigenvalue weighted by atomic mass is 10.2. The van der Waals surface area contributed by atoms with Crippen LogP contribution in [-0.4, -0.2) is 43.8 Å². The number of benzene rings is 1. The van der Waals surface area contributed by atoms with Crippen LogP contribution in [0.4, 0.5) is 5.13 Å². The van der Waals surface area contributed by atoms with Gasteiger partial charge in [0, 0.05) is 11.9 Å². The summed E-state index contributed by atoms with van der Waals surface area (Å²) in [6.45, 7) is 3.90. The van der Waals surface area contributed by atoms with Crippen LogP contribution in [0.5, 0.6) is 5.75 Å². The summed E-state index contributed by atoms with van der Waals surface area (Å²) in [5.41, 5.74) is 0.806. The Balaban J connectivity index is 2.16.